The van der Waals surface area contributed by atoms with E-state index in [-0.39, 0.29) is 42.2 Å². The number of ether oxygens (including phenoxy) is 1. The molecule has 1 aliphatic carbocycles. The Morgan fingerprint density at radius 2 is 1.78 bits per heavy atom. The maximum absolute atomic E-state index is 12.6. The molecule has 6 nitrogen and oxygen atoms in total. The summed E-state index contributed by atoms with van der Waals surface area (Å²) in [5, 5.41) is 6.99. The zero-order valence-corrected chi connectivity index (χ0v) is 19.6. The molecule has 0 aromatic carbocycles. The molecule has 2 unspecified atom stereocenters. The Balaban J connectivity index is 0.00000261. The molecule has 2 N–H and O–H groups in total. The smallest absolute Gasteiger partial charge is 0.410 e. The van der Waals surface area contributed by atoms with Crippen molar-refractivity contribution in [1.29, 1.82) is 0 Å². The number of guanidine groups is 1. The van der Waals surface area contributed by atoms with Crippen molar-refractivity contribution < 1.29 is 9.53 Å². The molecule has 0 aromatic heterocycles. The lowest BCUT2D eigenvalue weighted by molar-refractivity contribution is 0.00545. The van der Waals surface area contributed by atoms with E-state index in [2.05, 4.69) is 17.6 Å². The average molecular weight is 492 g/mol. The monoisotopic (exact) mass is 492 g/mol. The number of hydrogen-bond acceptors (Lipinski definition) is 3. The van der Waals surface area contributed by atoms with Gasteiger partial charge in [0.15, 0.2) is 5.96 Å². The van der Waals surface area contributed by atoms with Crippen LogP contribution >= 0.6 is 24.0 Å². The highest BCUT2D eigenvalue weighted by Crippen LogP contribution is 2.37. The number of carbonyl (C=O) groups excluding carboxylic acids is 1. The lowest BCUT2D eigenvalue weighted by atomic mass is 9.98. The van der Waals surface area contributed by atoms with Gasteiger partial charge in [0.25, 0.3) is 0 Å². The molecular weight excluding hydrogens is 455 g/mol. The topological polar surface area (TPSA) is 66.0 Å². The summed E-state index contributed by atoms with van der Waals surface area (Å²) in [5.41, 5.74) is -0.432. The molecule has 2 saturated heterocycles. The molecule has 2 heterocycles. The van der Waals surface area contributed by atoms with Crippen LogP contribution in [0, 0.1) is 5.92 Å². The van der Waals surface area contributed by atoms with Gasteiger partial charge in [-0.05, 0) is 65.7 Å². The third-order valence-corrected chi connectivity index (χ3v) is 5.53. The Bertz CT molecular complexity index is 517. The fourth-order valence-electron chi connectivity index (χ4n) is 4.19. The number of hydrogen-bond donors (Lipinski definition) is 2. The van der Waals surface area contributed by atoms with Crippen molar-refractivity contribution in [3.63, 3.8) is 0 Å². The Morgan fingerprint density at radius 1 is 1.15 bits per heavy atom. The lowest BCUT2D eigenvalue weighted by Crippen LogP contribution is -2.55. The first-order valence-electron chi connectivity index (χ1n) is 10.4. The minimum absolute atomic E-state index is 0. The molecule has 2 atom stereocenters. The Morgan fingerprint density at radius 3 is 2.30 bits per heavy atom. The van der Waals surface area contributed by atoms with Crippen LogP contribution in [0.2, 0.25) is 0 Å². The minimum Gasteiger partial charge on any atom is -0.444 e. The van der Waals surface area contributed by atoms with Crippen molar-refractivity contribution in [2.75, 3.05) is 13.1 Å². The van der Waals surface area contributed by atoms with E-state index in [0.29, 0.717) is 6.04 Å². The van der Waals surface area contributed by atoms with Crippen LogP contribution in [0.15, 0.2) is 4.99 Å². The molecule has 0 aromatic rings. The summed E-state index contributed by atoms with van der Waals surface area (Å²) in [4.78, 5) is 19.3. The summed E-state index contributed by atoms with van der Waals surface area (Å²) < 4.78 is 5.62. The van der Waals surface area contributed by atoms with Gasteiger partial charge in [-0.1, -0.05) is 12.8 Å². The van der Waals surface area contributed by atoms with Gasteiger partial charge >= 0.3 is 6.09 Å². The van der Waals surface area contributed by atoms with E-state index < -0.39 is 5.60 Å². The van der Waals surface area contributed by atoms with E-state index in [1.807, 2.05) is 25.7 Å². The van der Waals surface area contributed by atoms with E-state index in [0.717, 1.165) is 50.7 Å². The van der Waals surface area contributed by atoms with E-state index in [1.54, 1.807) is 0 Å². The number of amides is 1. The van der Waals surface area contributed by atoms with Crippen LogP contribution in [-0.2, 0) is 4.74 Å². The largest absolute Gasteiger partial charge is 0.444 e. The molecule has 27 heavy (non-hydrogen) atoms. The highest BCUT2D eigenvalue weighted by atomic mass is 127. The number of piperidine rings is 1. The van der Waals surface area contributed by atoms with Crippen LogP contribution in [0.5, 0.6) is 0 Å². The van der Waals surface area contributed by atoms with Gasteiger partial charge in [-0.2, -0.15) is 0 Å². The fourth-order valence-corrected chi connectivity index (χ4v) is 4.19. The molecule has 3 rings (SSSR count). The van der Waals surface area contributed by atoms with Crippen LogP contribution in [0.4, 0.5) is 4.79 Å². The average Bonchev–Trinajstić information content (AvgIpc) is 3.30. The highest BCUT2D eigenvalue weighted by molar-refractivity contribution is 14.0. The molecule has 2 bridgehead atoms. The number of halogens is 1. The van der Waals surface area contributed by atoms with Gasteiger partial charge in [-0.25, -0.2) is 4.79 Å². The zero-order valence-electron chi connectivity index (χ0n) is 17.3. The molecule has 3 fully saturated rings. The number of fused-ring (bicyclic) bond motifs is 2. The van der Waals surface area contributed by atoms with Crippen molar-refractivity contribution in [2.45, 2.75) is 96.4 Å². The van der Waals surface area contributed by atoms with Crippen molar-refractivity contribution in [2.24, 2.45) is 10.9 Å². The first-order valence-corrected chi connectivity index (χ1v) is 10.4. The summed E-state index contributed by atoms with van der Waals surface area (Å²) in [7, 11) is 0. The predicted molar refractivity (Wildman–Crippen MR) is 120 cm³/mol. The third kappa shape index (κ3) is 6.68. The van der Waals surface area contributed by atoms with Gasteiger partial charge in [0.2, 0.25) is 0 Å². The molecule has 0 radical (unpaired) electrons. The van der Waals surface area contributed by atoms with Gasteiger partial charge < -0.3 is 20.3 Å². The first kappa shape index (κ1) is 22.6. The fraction of sp³-hybridized carbons (Fsp3) is 0.900. The summed E-state index contributed by atoms with van der Waals surface area (Å²) in [6, 6.07) is 0.954. The molecule has 7 heteroatoms. The van der Waals surface area contributed by atoms with E-state index >= 15 is 0 Å². The standard InChI is InChI=1S/C20H36N4O2.HI/c1-5-21-18(22-11-10-14-6-7-14)23-15-12-16-8-9-17(13-15)24(16)19(25)26-20(2,3)4;/h14-17H,5-13H2,1-4H3,(H2,21,22,23);1H. The number of carbonyl (C=O) groups is 1. The number of aliphatic imine (C=N–C) groups is 1. The molecule has 0 spiro atoms. The summed E-state index contributed by atoms with van der Waals surface area (Å²) >= 11 is 0. The van der Waals surface area contributed by atoms with Gasteiger partial charge in [-0.3, -0.25) is 4.99 Å². The maximum atomic E-state index is 12.6. The zero-order chi connectivity index (χ0) is 18.7. The molecule has 2 aliphatic heterocycles. The third-order valence-electron chi connectivity index (χ3n) is 5.53. The van der Waals surface area contributed by atoms with Crippen LogP contribution < -0.4 is 10.6 Å². The van der Waals surface area contributed by atoms with Crippen molar-refractivity contribution in [1.82, 2.24) is 15.5 Å². The van der Waals surface area contributed by atoms with E-state index in [4.69, 9.17) is 9.73 Å². The van der Waals surface area contributed by atoms with E-state index in [9.17, 15) is 4.79 Å². The van der Waals surface area contributed by atoms with Gasteiger partial charge in [0.05, 0.1) is 0 Å². The summed E-state index contributed by atoms with van der Waals surface area (Å²) in [5.74, 6) is 1.85. The number of nitrogens with zero attached hydrogens (tertiary/aromatic N) is 2. The number of nitrogens with one attached hydrogen (secondary N) is 2. The molecule has 156 valence electrons. The predicted octanol–water partition coefficient (Wildman–Crippen LogP) is 3.89. The minimum atomic E-state index is -0.432. The van der Waals surface area contributed by atoms with Crippen LogP contribution in [0.25, 0.3) is 0 Å². The van der Waals surface area contributed by atoms with Crippen LogP contribution in [-0.4, -0.2) is 53.8 Å². The Hall–Kier alpha value is -0.730. The SMILES string of the molecule is CCNC(=NCCC1CC1)NC1CC2CCC(C1)N2C(=O)OC(C)(C)C.I. The van der Waals surface area contributed by atoms with Crippen LogP contribution in [0.1, 0.15) is 72.6 Å². The first-order chi connectivity index (χ1) is 12.4. The summed E-state index contributed by atoms with van der Waals surface area (Å²) in [6.07, 6.45) is 7.94. The second-order valence-electron chi connectivity index (χ2n) is 9.08. The quantitative estimate of drug-likeness (QED) is 0.347. The van der Waals surface area contributed by atoms with Gasteiger partial charge in [-0.15, -0.1) is 24.0 Å². The number of rotatable bonds is 5. The van der Waals surface area contributed by atoms with Crippen LogP contribution in [0.3, 0.4) is 0 Å². The summed E-state index contributed by atoms with van der Waals surface area (Å²) in [6.45, 7) is 9.68. The molecule has 1 amide bonds. The van der Waals surface area contributed by atoms with E-state index in [1.165, 1.54) is 19.3 Å². The normalized spacial score (nSPS) is 27.8. The van der Waals surface area contributed by atoms with Crippen molar-refractivity contribution >= 4 is 36.0 Å². The van der Waals surface area contributed by atoms with Crippen molar-refractivity contribution in [3.05, 3.63) is 0 Å². The van der Waals surface area contributed by atoms with Gasteiger partial charge in [0, 0.05) is 31.2 Å². The Labute approximate surface area is 181 Å². The Kier molecular flexibility index (Phi) is 8.06. The highest BCUT2D eigenvalue weighted by Gasteiger charge is 2.45. The second-order valence-corrected chi connectivity index (χ2v) is 9.08. The lowest BCUT2D eigenvalue weighted by Gasteiger charge is -2.40. The maximum Gasteiger partial charge on any atom is 0.410 e. The van der Waals surface area contributed by atoms with Crippen molar-refractivity contribution in [3.8, 4) is 0 Å². The molecule has 1 saturated carbocycles. The van der Waals surface area contributed by atoms with Gasteiger partial charge in [0.1, 0.15) is 5.60 Å². The molecular formula is C20H37IN4O2. The second kappa shape index (κ2) is 9.65. The molecule has 3 aliphatic rings.